The summed E-state index contributed by atoms with van der Waals surface area (Å²) in [4.78, 5) is 11.2. The Hall–Kier alpha value is -2.00. The molecule has 0 heterocycles. The van der Waals surface area contributed by atoms with Gasteiger partial charge >= 0.3 is 0 Å². The Bertz CT molecular complexity index is 651. The van der Waals surface area contributed by atoms with E-state index in [1.54, 1.807) is 18.2 Å². The second-order valence-electron chi connectivity index (χ2n) is 5.48. The van der Waals surface area contributed by atoms with Gasteiger partial charge in [-0.25, -0.2) is 0 Å². The fourth-order valence-electron chi connectivity index (χ4n) is 2.74. The van der Waals surface area contributed by atoms with Crippen LogP contribution in [0, 0.1) is 0 Å². The third-order valence-electron chi connectivity index (χ3n) is 4.02. The molecule has 1 amide bonds. The highest BCUT2D eigenvalue weighted by Gasteiger charge is 2.30. The van der Waals surface area contributed by atoms with Crippen molar-refractivity contribution in [3.63, 3.8) is 0 Å². The summed E-state index contributed by atoms with van der Waals surface area (Å²) in [5.41, 5.74) is 7.94. The quantitative estimate of drug-likeness (QED) is 0.902. The van der Waals surface area contributed by atoms with Crippen LogP contribution in [0.3, 0.4) is 0 Å². The van der Waals surface area contributed by atoms with Gasteiger partial charge in [0.1, 0.15) is 0 Å². The first-order chi connectivity index (χ1) is 10.1. The molecular formula is C17H17ClN2O. The summed E-state index contributed by atoms with van der Waals surface area (Å²) >= 11 is 6.16. The van der Waals surface area contributed by atoms with Gasteiger partial charge in [-0.05, 0) is 42.5 Å². The molecule has 3 rings (SSSR count). The summed E-state index contributed by atoms with van der Waals surface area (Å²) in [6, 6.07) is 16.0. The van der Waals surface area contributed by atoms with Crippen molar-refractivity contribution in [2.75, 3.05) is 5.32 Å². The molecule has 3 nitrogen and oxygen atoms in total. The Morgan fingerprint density at radius 3 is 2.52 bits per heavy atom. The summed E-state index contributed by atoms with van der Waals surface area (Å²) in [7, 11) is 0. The predicted octanol–water partition coefficient (Wildman–Crippen LogP) is 3.80. The number of halogens is 1. The summed E-state index contributed by atoms with van der Waals surface area (Å²) in [6.45, 7) is 0. The zero-order valence-electron chi connectivity index (χ0n) is 11.6. The van der Waals surface area contributed by atoms with E-state index >= 15 is 0 Å². The highest BCUT2D eigenvalue weighted by Crippen LogP contribution is 2.39. The monoisotopic (exact) mass is 300 g/mol. The van der Waals surface area contributed by atoms with Crippen molar-refractivity contribution in [2.45, 2.75) is 24.8 Å². The molecule has 0 radical (unpaired) electrons. The molecule has 1 fully saturated rings. The molecule has 0 spiro atoms. The zero-order valence-corrected chi connectivity index (χ0v) is 12.3. The van der Waals surface area contributed by atoms with Crippen LogP contribution in [0.1, 0.15) is 34.7 Å². The minimum Gasteiger partial charge on any atom is -0.381 e. The highest BCUT2D eigenvalue weighted by molar-refractivity contribution is 6.33. The number of hydrogen-bond acceptors (Lipinski definition) is 2. The van der Waals surface area contributed by atoms with Crippen LogP contribution < -0.4 is 11.1 Å². The lowest BCUT2D eigenvalue weighted by Gasteiger charge is -2.37. The van der Waals surface area contributed by atoms with Crippen molar-refractivity contribution in [3.05, 3.63) is 64.7 Å². The van der Waals surface area contributed by atoms with Crippen LogP contribution in [0.5, 0.6) is 0 Å². The van der Waals surface area contributed by atoms with Crippen molar-refractivity contribution in [1.29, 1.82) is 0 Å². The van der Waals surface area contributed by atoms with E-state index in [1.165, 1.54) is 5.56 Å². The number of carbonyl (C=O) groups excluding carboxylic acids is 1. The van der Waals surface area contributed by atoms with E-state index in [1.807, 2.05) is 6.07 Å². The van der Waals surface area contributed by atoms with Gasteiger partial charge in [-0.3, -0.25) is 4.79 Å². The van der Waals surface area contributed by atoms with Gasteiger partial charge in [-0.15, -0.1) is 0 Å². The largest absolute Gasteiger partial charge is 0.381 e. The van der Waals surface area contributed by atoms with Crippen LogP contribution in [-0.4, -0.2) is 11.9 Å². The molecule has 2 aromatic rings. The molecule has 0 aliphatic heterocycles. The molecule has 0 unspecified atom stereocenters. The van der Waals surface area contributed by atoms with Crippen molar-refractivity contribution in [3.8, 4) is 0 Å². The smallest absolute Gasteiger partial charge is 0.248 e. The topological polar surface area (TPSA) is 55.1 Å². The number of benzene rings is 2. The molecule has 1 aliphatic carbocycles. The molecule has 4 heteroatoms. The predicted molar refractivity (Wildman–Crippen MR) is 85.8 cm³/mol. The van der Waals surface area contributed by atoms with Gasteiger partial charge in [0.25, 0.3) is 0 Å². The number of carbonyl (C=O) groups is 1. The molecule has 2 aromatic carbocycles. The minimum absolute atomic E-state index is 0.385. The lowest BCUT2D eigenvalue weighted by Crippen LogP contribution is -2.34. The first-order valence-electron chi connectivity index (χ1n) is 7.04. The van der Waals surface area contributed by atoms with Crippen molar-refractivity contribution in [2.24, 2.45) is 5.73 Å². The van der Waals surface area contributed by atoms with Crippen LogP contribution in [0.2, 0.25) is 5.02 Å². The molecule has 0 aromatic heterocycles. The van der Waals surface area contributed by atoms with Crippen LogP contribution in [0.4, 0.5) is 5.69 Å². The second-order valence-corrected chi connectivity index (χ2v) is 5.89. The van der Waals surface area contributed by atoms with E-state index in [0.29, 0.717) is 22.5 Å². The van der Waals surface area contributed by atoms with Crippen LogP contribution >= 0.6 is 11.6 Å². The fourth-order valence-corrected chi connectivity index (χ4v) is 2.91. The first-order valence-corrected chi connectivity index (χ1v) is 7.42. The number of primary amides is 1. The van der Waals surface area contributed by atoms with E-state index in [0.717, 1.165) is 18.5 Å². The Morgan fingerprint density at radius 1 is 1.14 bits per heavy atom. The highest BCUT2D eigenvalue weighted by atomic mass is 35.5. The Morgan fingerprint density at radius 2 is 1.86 bits per heavy atom. The molecule has 3 N–H and O–H groups in total. The van der Waals surface area contributed by atoms with Crippen LogP contribution in [-0.2, 0) is 0 Å². The van der Waals surface area contributed by atoms with Gasteiger partial charge < -0.3 is 11.1 Å². The van der Waals surface area contributed by atoms with Gasteiger partial charge in [0.15, 0.2) is 0 Å². The molecule has 21 heavy (non-hydrogen) atoms. The Labute approximate surface area is 129 Å². The Balaban J connectivity index is 1.64. The van der Waals surface area contributed by atoms with Crippen molar-refractivity contribution in [1.82, 2.24) is 0 Å². The van der Waals surface area contributed by atoms with Crippen LogP contribution in [0.15, 0.2) is 48.5 Å². The summed E-state index contributed by atoms with van der Waals surface area (Å²) < 4.78 is 0. The Kier molecular flexibility index (Phi) is 3.84. The second kappa shape index (κ2) is 5.78. The van der Waals surface area contributed by atoms with Crippen molar-refractivity contribution < 1.29 is 4.79 Å². The standard InChI is InChI=1S/C17H17ClN2O/c18-15-7-6-12(17(19)21)10-16(15)20-14-8-13(9-14)11-4-2-1-3-5-11/h1-7,10,13-14,20H,8-9H2,(H2,19,21). The number of nitrogens with two attached hydrogens (primary N) is 1. The average Bonchev–Trinajstić information content (AvgIpc) is 2.44. The minimum atomic E-state index is -0.439. The summed E-state index contributed by atoms with van der Waals surface area (Å²) in [6.07, 6.45) is 2.14. The van der Waals surface area contributed by atoms with Gasteiger partial charge in [0, 0.05) is 11.6 Å². The lowest BCUT2D eigenvalue weighted by atomic mass is 9.76. The van der Waals surface area contributed by atoms with E-state index in [2.05, 4.69) is 29.6 Å². The molecular weight excluding hydrogens is 284 g/mol. The maximum Gasteiger partial charge on any atom is 0.248 e. The molecule has 1 aliphatic rings. The van der Waals surface area contributed by atoms with Gasteiger partial charge in [0.2, 0.25) is 5.91 Å². The summed E-state index contributed by atoms with van der Waals surface area (Å²) in [5.74, 6) is 0.160. The third-order valence-corrected chi connectivity index (χ3v) is 4.35. The van der Waals surface area contributed by atoms with Crippen molar-refractivity contribution >= 4 is 23.2 Å². The molecule has 0 saturated heterocycles. The third kappa shape index (κ3) is 3.03. The normalized spacial score (nSPS) is 20.6. The lowest BCUT2D eigenvalue weighted by molar-refractivity contribution is 0.100. The molecule has 108 valence electrons. The fraction of sp³-hybridized carbons (Fsp3) is 0.235. The number of hydrogen-bond donors (Lipinski definition) is 2. The number of anilines is 1. The first kappa shape index (κ1) is 14.0. The van der Waals surface area contributed by atoms with E-state index in [9.17, 15) is 4.79 Å². The van der Waals surface area contributed by atoms with Crippen LogP contribution in [0.25, 0.3) is 0 Å². The maximum atomic E-state index is 11.2. The number of nitrogens with one attached hydrogen (secondary N) is 1. The number of rotatable bonds is 4. The van der Waals surface area contributed by atoms with E-state index < -0.39 is 5.91 Å². The van der Waals surface area contributed by atoms with Gasteiger partial charge in [-0.1, -0.05) is 41.9 Å². The molecule has 1 saturated carbocycles. The zero-order chi connectivity index (χ0) is 14.8. The maximum absolute atomic E-state index is 11.2. The molecule has 0 bridgehead atoms. The molecule has 0 atom stereocenters. The van der Waals surface area contributed by atoms with Gasteiger partial charge in [-0.2, -0.15) is 0 Å². The van der Waals surface area contributed by atoms with E-state index in [4.69, 9.17) is 17.3 Å². The average molecular weight is 301 g/mol. The van der Waals surface area contributed by atoms with E-state index in [-0.39, 0.29) is 0 Å². The summed E-state index contributed by atoms with van der Waals surface area (Å²) in [5, 5.41) is 4.02. The number of amides is 1. The SMILES string of the molecule is NC(=O)c1ccc(Cl)c(NC2CC(c3ccccc3)C2)c1. The van der Waals surface area contributed by atoms with Gasteiger partial charge in [0.05, 0.1) is 10.7 Å².